The number of nitrogens with one attached hydrogen (secondary N) is 2. The maximum Gasteiger partial charge on any atom is 0.255 e. The number of rotatable bonds is 9. The Morgan fingerprint density at radius 2 is 1.85 bits per heavy atom. The van der Waals surface area contributed by atoms with Crippen LogP contribution in [0.25, 0.3) is 0 Å². The van der Waals surface area contributed by atoms with Gasteiger partial charge in [-0.1, -0.05) is 12.1 Å². The highest BCUT2D eigenvalue weighted by atomic mass is 19.1. The summed E-state index contributed by atoms with van der Waals surface area (Å²) in [6.45, 7) is 0.841. The molecule has 2 heterocycles. The number of methoxy groups -OCH3 is 2. The lowest BCUT2D eigenvalue weighted by molar-refractivity contribution is -0.0261. The highest BCUT2D eigenvalue weighted by molar-refractivity contribution is 5.98. The largest absolute Gasteiger partial charge is 0.496 e. The van der Waals surface area contributed by atoms with Gasteiger partial charge in [-0.3, -0.25) is 9.59 Å². The number of halogens is 1. The van der Waals surface area contributed by atoms with Crippen molar-refractivity contribution in [3.63, 3.8) is 0 Å². The minimum absolute atomic E-state index is 0.0507. The number of pyridine rings is 1. The van der Waals surface area contributed by atoms with Gasteiger partial charge in [0.2, 0.25) is 5.88 Å². The van der Waals surface area contributed by atoms with Crippen molar-refractivity contribution in [3.8, 4) is 11.6 Å². The molecule has 3 N–H and O–H groups in total. The van der Waals surface area contributed by atoms with Gasteiger partial charge in [-0.15, -0.1) is 0 Å². The molecule has 2 aromatic carbocycles. The molecule has 216 valence electrons. The van der Waals surface area contributed by atoms with Gasteiger partial charge < -0.3 is 30.0 Å². The summed E-state index contributed by atoms with van der Waals surface area (Å²) in [5.74, 6) is -0.455. The summed E-state index contributed by atoms with van der Waals surface area (Å²) in [6.07, 6.45) is 4.27. The number of carbonyl (C=O) groups is 2. The Labute approximate surface area is 238 Å². The molecule has 5 rings (SSSR count). The van der Waals surface area contributed by atoms with E-state index in [2.05, 4.69) is 15.6 Å². The van der Waals surface area contributed by atoms with E-state index in [1.807, 2.05) is 6.07 Å². The van der Waals surface area contributed by atoms with E-state index in [1.165, 1.54) is 19.2 Å². The molecule has 0 saturated carbocycles. The predicted octanol–water partition coefficient (Wildman–Crippen LogP) is 3.13. The zero-order valence-electron chi connectivity index (χ0n) is 23.2. The van der Waals surface area contributed by atoms with Crippen molar-refractivity contribution in [2.24, 2.45) is 0 Å². The summed E-state index contributed by atoms with van der Waals surface area (Å²) in [6, 6.07) is 9.45. The smallest absolute Gasteiger partial charge is 0.255 e. The summed E-state index contributed by atoms with van der Waals surface area (Å²) in [4.78, 5) is 30.1. The maximum absolute atomic E-state index is 15.1. The van der Waals surface area contributed by atoms with Crippen molar-refractivity contribution >= 4 is 11.8 Å². The van der Waals surface area contributed by atoms with Crippen molar-refractivity contribution in [2.75, 3.05) is 27.4 Å². The zero-order chi connectivity index (χ0) is 28.9. The average Bonchev–Trinajstić information content (AvgIpc) is 3.48. The van der Waals surface area contributed by atoms with Crippen molar-refractivity contribution in [1.29, 1.82) is 0 Å². The van der Waals surface area contributed by atoms with E-state index in [9.17, 15) is 14.7 Å². The van der Waals surface area contributed by atoms with Gasteiger partial charge in [0.15, 0.2) is 0 Å². The van der Waals surface area contributed by atoms with Crippen LogP contribution in [0.15, 0.2) is 42.6 Å². The minimum Gasteiger partial charge on any atom is -0.496 e. The lowest BCUT2D eigenvalue weighted by atomic mass is 9.92. The van der Waals surface area contributed by atoms with Crippen LogP contribution < -0.4 is 20.1 Å². The zero-order valence-corrected chi connectivity index (χ0v) is 23.2. The molecule has 0 unspecified atom stereocenters. The van der Waals surface area contributed by atoms with Gasteiger partial charge in [-0.05, 0) is 78.1 Å². The Hall–Kier alpha value is -4.02. The van der Waals surface area contributed by atoms with Gasteiger partial charge in [0.1, 0.15) is 11.6 Å². The Morgan fingerprint density at radius 1 is 1.05 bits per heavy atom. The van der Waals surface area contributed by atoms with Crippen molar-refractivity contribution in [1.82, 2.24) is 15.6 Å². The van der Waals surface area contributed by atoms with E-state index >= 15 is 4.39 Å². The van der Waals surface area contributed by atoms with Crippen molar-refractivity contribution in [2.45, 2.75) is 50.8 Å². The van der Waals surface area contributed by atoms with Crippen LogP contribution in [-0.2, 0) is 30.5 Å². The Morgan fingerprint density at radius 3 is 2.56 bits per heavy atom. The van der Waals surface area contributed by atoms with E-state index in [0.29, 0.717) is 42.2 Å². The summed E-state index contributed by atoms with van der Waals surface area (Å²) >= 11 is 0. The fourth-order valence-corrected chi connectivity index (χ4v) is 5.52. The molecule has 1 fully saturated rings. The minimum atomic E-state index is -0.779. The van der Waals surface area contributed by atoms with Crippen LogP contribution in [0.1, 0.15) is 61.4 Å². The molecule has 1 aromatic heterocycles. The highest BCUT2D eigenvalue weighted by Gasteiger charge is 2.30. The van der Waals surface area contributed by atoms with Gasteiger partial charge in [0.25, 0.3) is 11.8 Å². The van der Waals surface area contributed by atoms with E-state index < -0.39 is 23.9 Å². The molecule has 41 heavy (non-hydrogen) atoms. The molecular formula is C31H34FN3O6. The molecule has 3 aromatic rings. The third-order valence-corrected chi connectivity index (χ3v) is 7.67. The van der Waals surface area contributed by atoms with Crippen LogP contribution in [0.5, 0.6) is 11.6 Å². The average molecular weight is 564 g/mol. The first-order valence-electron chi connectivity index (χ1n) is 13.7. The third-order valence-electron chi connectivity index (χ3n) is 7.67. The van der Waals surface area contributed by atoms with Gasteiger partial charge in [-0.25, -0.2) is 9.37 Å². The molecule has 9 nitrogen and oxygen atoms in total. The van der Waals surface area contributed by atoms with Crippen molar-refractivity contribution < 1.29 is 33.3 Å². The third kappa shape index (κ3) is 6.34. The van der Waals surface area contributed by atoms with Gasteiger partial charge >= 0.3 is 0 Å². The van der Waals surface area contributed by atoms with Crippen molar-refractivity contribution in [3.05, 3.63) is 87.4 Å². The molecule has 1 aliphatic carbocycles. The van der Waals surface area contributed by atoms with Crippen LogP contribution >= 0.6 is 0 Å². The molecule has 0 radical (unpaired) electrons. The number of amides is 2. The molecule has 2 amide bonds. The monoisotopic (exact) mass is 563 g/mol. The van der Waals surface area contributed by atoms with E-state index in [0.717, 1.165) is 41.5 Å². The second-order valence-electron chi connectivity index (χ2n) is 10.3. The molecular weight excluding hydrogens is 529 g/mol. The second kappa shape index (κ2) is 12.7. The topological polar surface area (TPSA) is 119 Å². The van der Waals surface area contributed by atoms with Crippen LogP contribution in [-0.4, -0.2) is 61.5 Å². The summed E-state index contributed by atoms with van der Waals surface area (Å²) in [5.41, 5.74) is 4.81. The quantitative estimate of drug-likeness (QED) is 0.366. The highest BCUT2D eigenvalue weighted by Crippen LogP contribution is 2.37. The Bertz CT molecular complexity index is 1430. The number of fused-ring (bicyclic) bond motifs is 1. The number of aliphatic hydroxyl groups excluding tert-OH is 1. The fourth-order valence-electron chi connectivity index (χ4n) is 5.52. The lowest BCUT2D eigenvalue weighted by Gasteiger charge is -2.29. The Kier molecular flexibility index (Phi) is 8.80. The molecule has 10 heteroatoms. The molecule has 2 aliphatic rings. The maximum atomic E-state index is 15.1. The van der Waals surface area contributed by atoms with Gasteiger partial charge in [0.05, 0.1) is 44.1 Å². The standard InChI is InChI=1S/C31H34FN3O6/c1-39-28-9-7-19(15-33-28)16-34-30(37)23-8-6-18(13-25(23)32)12-20-14-24(29(40-2)22-5-3-4-21(20)22)31(38)35-26-10-11-41-17-27(26)36/h6-9,13-15,26-27,36H,3-5,10-12,16-17H2,1-2H3,(H,34,37)(H,35,38)/t26-,27-/m0/s1. The van der Waals surface area contributed by atoms with Crippen LogP contribution in [0.4, 0.5) is 4.39 Å². The molecule has 1 saturated heterocycles. The number of ether oxygens (including phenoxy) is 3. The van der Waals surface area contributed by atoms with Crippen LogP contribution in [0, 0.1) is 5.82 Å². The van der Waals surface area contributed by atoms with E-state index in [1.54, 1.807) is 31.5 Å². The number of benzene rings is 2. The normalized spacial score (nSPS) is 18.0. The van der Waals surface area contributed by atoms with Crippen LogP contribution in [0.3, 0.4) is 0 Å². The molecule has 1 aliphatic heterocycles. The number of hydrogen-bond acceptors (Lipinski definition) is 7. The van der Waals surface area contributed by atoms with E-state index in [-0.39, 0.29) is 24.6 Å². The number of aromatic nitrogens is 1. The number of nitrogens with zero attached hydrogens (tertiary/aromatic N) is 1. The predicted molar refractivity (Wildman–Crippen MR) is 149 cm³/mol. The number of carbonyl (C=O) groups excluding carboxylic acids is 2. The number of hydrogen-bond donors (Lipinski definition) is 3. The SMILES string of the molecule is COc1ccc(CNC(=O)c2ccc(Cc3cc(C(=O)N[C@H]4CCOC[C@@H]4O)c(OC)c4c3CCC4)cc2F)cn1. The van der Waals surface area contributed by atoms with Gasteiger partial charge in [-0.2, -0.15) is 0 Å². The Balaban J connectivity index is 1.33. The first kappa shape index (κ1) is 28.5. The van der Waals surface area contributed by atoms with E-state index in [4.69, 9.17) is 14.2 Å². The molecule has 0 spiro atoms. The second-order valence-corrected chi connectivity index (χ2v) is 10.3. The summed E-state index contributed by atoms with van der Waals surface area (Å²) in [5, 5.41) is 15.9. The van der Waals surface area contributed by atoms with Crippen LogP contribution in [0.2, 0.25) is 0 Å². The molecule has 0 bridgehead atoms. The molecule has 2 atom stereocenters. The first-order valence-corrected chi connectivity index (χ1v) is 13.7. The first-order chi connectivity index (χ1) is 19.9. The summed E-state index contributed by atoms with van der Waals surface area (Å²) in [7, 11) is 3.08. The fraction of sp³-hybridized carbons (Fsp3) is 0.387. The van der Waals surface area contributed by atoms with Gasteiger partial charge in [0, 0.05) is 25.4 Å². The summed E-state index contributed by atoms with van der Waals surface area (Å²) < 4.78 is 31.1. The number of aliphatic hydroxyl groups is 1. The lowest BCUT2D eigenvalue weighted by Crippen LogP contribution is -2.48.